The average molecular weight is 461 g/mol. The topological polar surface area (TPSA) is 51.1 Å². The van der Waals surface area contributed by atoms with Crippen LogP contribution in [0.25, 0.3) is 16.5 Å². The van der Waals surface area contributed by atoms with E-state index < -0.39 is 0 Å². The third kappa shape index (κ3) is 3.93. The molecule has 1 aliphatic rings. The van der Waals surface area contributed by atoms with E-state index >= 15 is 0 Å². The number of hydrogen-bond donors (Lipinski definition) is 1. The van der Waals surface area contributed by atoms with E-state index in [1.807, 2.05) is 36.4 Å². The van der Waals surface area contributed by atoms with Gasteiger partial charge >= 0.3 is 0 Å². The van der Waals surface area contributed by atoms with Gasteiger partial charge in [0.1, 0.15) is 5.82 Å². The number of pyridine rings is 1. The molecule has 1 N–H and O–H groups in total. The molecule has 1 aromatic heterocycles. The quantitative estimate of drug-likeness (QED) is 0.398. The molecule has 0 bridgehead atoms. The minimum Gasteiger partial charge on any atom is -0.345 e. The number of benzene rings is 3. The first-order valence-electron chi connectivity index (χ1n) is 10.9. The van der Waals surface area contributed by atoms with Crippen molar-refractivity contribution in [2.75, 3.05) is 0 Å². The summed E-state index contributed by atoms with van der Waals surface area (Å²) < 4.78 is 15.4. The van der Waals surface area contributed by atoms with Crippen molar-refractivity contribution in [1.82, 2.24) is 9.88 Å². The summed E-state index contributed by atoms with van der Waals surface area (Å²) in [6, 6.07) is 20.3. The summed E-state index contributed by atoms with van der Waals surface area (Å²) in [5.74, 6) is -0.394. The minimum atomic E-state index is -0.335. The Kier molecular flexibility index (Phi) is 5.51. The molecule has 1 saturated carbocycles. The monoisotopic (exact) mass is 460 g/mol. The van der Waals surface area contributed by atoms with Gasteiger partial charge in [-0.1, -0.05) is 54.1 Å². The summed E-state index contributed by atoms with van der Waals surface area (Å²) in [6.07, 6.45) is 1.94. The molecule has 0 unspecified atom stereocenters. The Labute approximate surface area is 195 Å². The van der Waals surface area contributed by atoms with Crippen LogP contribution in [0.5, 0.6) is 0 Å². The van der Waals surface area contributed by atoms with E-state index in [1.165, 1.54) is 16.7 Å². The Balaban J connectivity index is 1.68. The normalized spacial score (nSPS) is 14.3. The number of aromatic nitrogens is 1. The second-order valence-electron chi connectivity index (χ2n) is 8.44. The van der Waals surface area contributed by atoms with E-state index in [9.17, 15) is 14.0 Å². The maximum atomic E-state index is 13.9. The predicted octanol–water partition coefficient (Wildman–Crippen LogP) is 5.97. The van der Waals surface area contributed by atoms with Crippen molar-refractivity contribution in [3.63, 3.8) is 0 Å². The standard InChI is InChI=1S/C27H22ClFN2O2/c1-16-23(26(32)30-25(17-13-14-17)18-7-5-8-19(29)15-18)21-11-6-12-22(28)24(21)27(33)31(16)20-9-3-2-4-10-20/h2-12,15,17,25H,13-14H2,1H3,(H,30,32)/t25-/m0/s1. The molecular weight excluding hydrogens is 439 g/mol. The van der Waals surface area contributed by atoms with Crippen molar-refractivity contribution in [3.8, 4) is 5.69 Å². The first kappa shape index (κ1) is 21.4. The minimum absolute atomic E-state index is 0.255. The Morgan fingerprint density at radius 3 is 2.48 bits per heavy atom. The fraction of sp³-hybridized carbons (Fsp3) is 0.185. The second-order valence-corrected chi connectivity index (χ2v) is 8.85. The highest BCUT2D eigenvalue weighted by Crippen LogP contribution is 2.41. The van der Waals surface area contributed by atoms with E-state index in [-0.39, 0.29) is 29.2 Å². The van der Waals surface area contributed by atoms with Gasteiger partial charge in [0.2, 0.25) is 0 Å². The fourth-order valence-electron chi connectivity index (χ4n) is 4.51. The van der Waals surface area contributed by atoms with Gasteiger partial charge in [0.15, 0.2) is 0 Å². The number of amides is 1. The van der Waals surface area contributed by atoms with Crippen LogP contribution in [-0.2, 0) is 0 Å². The summed E-state index contributed by atoms with van der Waals surface area (Å²) in [6.45, 7) is 1.76. The van der Waals surface area contributed by atoms with E-state index in [1.54, 1.807) is 31.2 Å². The van der Waals surface area contributed by atoms with Crippen molar-refractivity contribution in [2.24, 2.45) is 5.92 Å². The molecule has 0 spiro atoms. The third-order valence-electron chi connectivity index (χ3n) is 6.23. The van der Waals surface area contributed by atoms with Gasteiger partial charge in [0.05, 0.1) is 22.0 Å². The molecule has 1 atom stereocenters. The Bertz CT molecular complexity index is 1430. The highest BCUT2D eigenvalue weighted by atomic mass is 35.5. The number of rotatable bonds is 5. The number of nitrogens with zero attached hydrogens (tertiary/aromatic N) is 1. The van der Waals surface area contributed by atoms with Crippen molar-refractivity contribution < 1.29 is 9.18 Å². The SMILES string of the molecule is Cc1c(C(=O)N[C@H](c2cccc(F)c2)C2CC2)c2cccc(Cl)c2c(=O)n1-c1ccccc1. The van der Waals surface area contributed by atoms with E-state index in [4.69, 9.17) is 11.6 Å². The van der Waals surface area contributed by atoms with Gasteiger partial charge in [-0.2, -0.15) is 0 Å². The van der Waals surface area contributed by atoms with Crippen molar-refractivity contribution in [2.45, 2.75) is 25.8 Å². The lowest BCUT2D eigenvalue weighted by atomic mass is 9.99. The van der Waals surface area contributed by atoms with Gasteiger partial charge in [0.25, 0.3) is 11.5 Å². The van der Waals surface area contributed by atoms with E-state index in [0.29, 0.717) is 32.7 Å². The molecule has 5 rings (SSSR count). The van der Waals surface area contributed by atoms with Gasteiger partial charge in [-0.3, -0.25) is 14.2 Å². The Morgan fingerprint density at radius 2 is 1.79 bits per heavy atom. The fourth-order valence-corrected chi connectivity index (χ4v) is 4.77. The van der Waals surface area contributed by atoms with Gasteiger partial charge in [-0.05, 0) is 61.6 Å². The lowest BCUT2D eigenvalue weighted by Crippen LogP contribution is -2.33. The molecule has 0 saturated heterocycles. The predicted molar refractivity (Wildman–Crippen MR) is 129 cm³/mol. The van der Waals surface area contributed by atoms with Crippen LogP contribution in [0.2, 0.25) is 5.02 Å². The zero-order valence-electron chi connectivity index (χ0n) is 18.0. The molecule has 166 valence electrons. The zero-order chi connectivity index (χ0) is 23.1. The van der Waals surface area contributed by atoms with Crippen LogP contribution in [0, 0.1) is 18.7 Å². The molecular formula is C27H22ClFN2O2. The Morgan fingerprint density at radius 1 is 1.06 bits per heavy atom. The van der Waals surface area contributed by atoms with Gasteiger partial charge < -0.3 is 5.32 Å². The maximum absolute atomic E-state index is 13.9. The van der Waals surface area contributed by atoms with Crippen LogP contribution in [-0.4, -0.2) is 10.5 Å². The number of fused-ring (bicyclic) bond motifs is 1. The number of halogens is 2. The molecule has 1 heterocycles. The van der Waals surface area contributed by atoms with Crippen molar-refractivity contribution in [3.05, 3.63) is 111 Å². The summed E-state index contributed by atoms with van der Waals surface area (Å²) >= 11 is 6.44. The molecule has 4 aromatic rings. The van der Waals surface area contributed by atoms with E-state index in [2.05, 4.69) is 5.32 Å². The molecule has 1 aliphatic carbocycles. The first-order valence-corrected chi connectivity index (χ1v) is 11.3. The van der Waals surface area contributed by atoms with Crippen LogP contribution in [0.15, 0.2) is 77.6 Å². The molecule has 1 fully saturated rings. The summed E-state index contributed by atoms with van der Waals surface area (Å²) in [4.78, 5) is 27.2. The van der Waals surface area contributed by atoms with Crippen LogP contribution >= 0.6 is 11.6 Å². The average Bonchev–Trinajstić information content (AvgIpc) is 3.63. The van der Waals surface area contributed by atoms with E-state index in [0.717, 1.165) is 18.4 Å². The van der Waals surface area contributed by atoms with Crippen LogP contribution in [0.1, 0.15) is 40.5 Å². The maximum Gasteiger partial charge on any atom is 0.264 e. The van der Waals surface area contributed by atoms with Crippen LogP contribution in [0.4, 0.5) is 4.39 Å². The highest BCUT2D eigenvalue weighted by molar-refractivity contribution is 6.36. The lowest BCUT2D eigenvalue weighted by molar-refractivity contribution is 0.0932. The number of nitrogens with one attached hydrogen (secondary N) is 1. The van der Waals surface area contributed by atoms with Crippen LogP contribution in [0.3, 0.4) is 0 Å². The molecule has 6 heteroatoms. The molecule has 4 nitrogen and oxygen atoms in total. The number of hydrogen-bond acceptors (Lipinski definition) is 2. The molecule has 33 heavy (non-hydrogen) atoms. The summed E-state index contributed by atoms with van der Waals surface area (Å²) in [5.41, 5.74) is 2.02. The summed E-state index contributed by atoms with van der Waals surface area (Å²) in [5, 5.41) is 4.22. The Hall–Kier alpha value is -3.44. The van der Waals surface area contributed by atoms with Gasteiger partial charge in [-0.25, -0.2) is 4.39 Å². The lowest BCUT2D eigenvalue weighted by Gasteiger charge is -2.22. The van der Waals surface area contributed by atoms with Crippen molar-refractivity contribution in [1.29, 1.82) is 0 Å². The van der Waals surface area contributed by atoms with Gasteiger partial charge in [-0.15, -0.1) is 0 Å². The zero-order valence-corrected chi connectivity index (χ0v) is 18.8. The number of carbonyl (C=O) groups is 1. The highest BCUT2D eigenvalue weighted by Gasteiger charge is 2.34. The number of para-hydroxylation sites is 1. The summed E-state index contributed by atoms with van der Waals surface area (Å²) in [7, 11) is 0. The van der Waals surface area contributed by atoms with Crippen molar-refractivity contribution >= 4 is 28.3 Å². The van der Waals surface area contributed by atoms with Gasteiger partial charge in [0, 0.05) is 16.8 Å². The number of carbonyl (C=O) groups excluding carboxylic acids is 1. The molecule has 0 aliphatic heterocycles. The second kappa shape index (κ2) is 8.49. The molecule has 1 amide bonds. The molecule has 0 radical (unpaired) electrons. The third-order valence-corrected chi connectivity index (χ3v) is 6.54. The largest absolute Gasteiger partial charge is 0.345 e. The first-order chi connectivity index (χ1) is 16.0. The molecule has 3 aromatic carbocycles. The smallest absolute Gasteiger partial charge is 0.264 e. The van der Waals surface area contributed by atoms with Crippen LogP contribution < -0.4 is 10.9 Å².